The van der Waals surface area contributed by atoms with Crippen molar-refractivity contribution in [3.8, 4) is 0 Å². The molecule has 0 spiro atoms. The second kappa shape index (κ2) is 4.45. The van der Waals surface area contributed by atoms with Crippen molar-refractivity contribution >= 4 is 22.4 Å². The predicted molar refractivity (Wildman–Crippen MR) is 66.0 cm³/mol. The van der Waals surface area contributed by atoms with Gasteiger partial charge in [0, 0.05) is 24.2 Å². The van der Waals surface area contributed by atoms with Gasteiger partial charge in [0.15, 0.2) is 5.13 Å². The van der Waals surface area contributed by atoms with Crippen molar-refractivity contribution in [2.45, 2.75) is 6.92 Å². The average Bonchev–Trinajstić information content (AvgIpc) is 2.81. The number of rotatable bonds is 2. The second-order valence-electron chi connectivity index (χ2n) is 3.54. The topological polar surface area (TPSA) is 33.2 Å². The van der Waals surface area contributed by atoms with Crippen LogP contribution in [-0.4, -0.2) is 17.9 Å². The summed E-state index contributed by atoms with van der Waals surface area (Å²) in [6.45, 7) is 2.00. The number of carbonyl (C=O) groups is 1. The molecule has 0 fully saturated rings. The predicted octanol–water partition coefficient (Wildman–Crippen LogP) is 2.73. The Morgan fingerprint density at radius 2 is 2.00 bits per heavy atom. The number of hydrogen-bond acceptors (Lipinski definition) is 3. The highest BCUT2D eigenvalue weighted by Gasteiger charge is 2.14. The first-order valence-electron chi connectivity index (χ1n) is 4.92. The van der Waals surface area contributed by atoms with E-state index in [-0.39, 0.29) is 5.91 Å². The molecular formula is C12H12N2OS. The van der Waals surface area contributed by atoms with Gasteiger partial charge in [-0.05, 0) is 19.1 Å². The van der Waals surface area contributed by atoms with Crippen LogP contribution in [0.5, 0.6) is 0 Å². The van der Waals surface area contributed by atoms with E-state index in [2.05, 4.69) is 4.98 Å². The summed E-state index contributed by atoms with van der Waals surface area (Å²) in [5.41, 5.74) is 1.83. The van der Waals surface area contributed by atoms with Crippen LogP contribution in [-0.2, 0) is 0 Å². The Hall–Kier alpha value is -1.68. The smallest absolute Gasteiger partial charge is 0.259 e. The molecule has 1 amide bonds. The van der Waals surface area contributed by atoms with E-state index < -0.39 is 0 Å². The van der Waals surface area contributed by atoms with Gasteiger partial charge in [-0.2, -0.15) is 0 Å². The minimum atomic E-state index is -0.0325. The monoisotopic (exact) mass is 232 g/mol. The van der Waals surface area contributed by atoms with E-state index in [1.165, 1.54) is 11.3 Å². The lowest BCUT2D eigenvalue weighted by molar-refractivity contribution is 0.0993. The molecule has 1 aromatic carbocycles. The Bertz CT molecular complexity index is 476. The van der Waals surface area contributed by atoms with E-state index in [9.17, 15) is 4.79 Å². The fraction of sp³-hybridized carbons (Fsp3) is 0.167. The maximum Gasteiger partial charge on any atom is 0.259 e. The number of aromatic nitrogens is 1. The highest BCUT2D eigenvalue weighted by Crippen LogP contribution is 2.18. The summed E-state index contributed by atoms with van der Waals surface area (Å²) >= 11 is 1.45. The van der Waals surface area contributed by atoms with Crippen LogP contribution in [0.1, 0.15) is 15.9 Å². The van der Waals surface area contributed by atoms with Crippen molar-refractivity contribution in [2.24, 2.45) is 0 Å². The van der Waals surface area contributed by atoms with Crippen LogP contribution in [0.4, 0.5) is 5.13 Å². The van der Waals surface area contributed by atoms with Crippen LogP contribution >= 0.6 is 11.3 Å². The summed E-state index contributed by atoms with van der Waals surface area (Å²) in [6.07, 6.45) is 1.69. The Morgan fingerprint density at radius 3 is 2.56 bits per heavy atom. The van der Waals surface area contributed by atoms with Gasteiger partial charge in [-0.15, -0.1) is 11.3 Å². The third kappa shape index (κ3) is 2.12. The number of hydrogen-bond donors (Lipinski definition) is 0. The minimum absolute atomic E-state index is 0.0325. The zero-order valence-electron chi connectivity index (χ0n) is 9.18. The van der Waals surface area contributed by atoms with Crippen LogP contribution in [0.3, 0.4) is 0 Å². The summed E-state index contributed by atoms with van der Waals surface area (Å²) in [6, 6.07) is 7.54. The first-order valence-corrected chi connectivity index (χ1v) is 5.80. The normalized spacial score (nSPS) is 10.1. The molecule has 0 saturated heterocycles. The van der Waals surface area contributed by atoms with E-state index >= 15 is 0 Å². The molecule has 0 aliphatic carbocycles. The molecule has 1 heterocycles. The molecule has 1 aromatic heterocycles. The molecule has 2 rings (SSSR count). The molecule has 0 bridgehead atoms. The van der Waals surface area contributed by atoms with Crippen molar-refractivity contribution in [1.29, 1.82) is 0 Å². The van der Waals surface area contributed by atoms with Crippen LogP contribution in [0.2, 0.25) is 0 Å². The second-order valence-corrected chi connectivity index (χ2v) is 4.42. The van der Waals surface area contributed by atoms with Gasteiger partial charge in [-0.1, -0.05) is 17.7 Å². The fourth-order valence-corrected chi connectivity index (χ4v) is 1.96. The lowest BCUT2D eigenvalue weighted by Crippen LogP contribution is -2.25. The molecule has 0 unspecified atom stereocenters. The summed E-state index contributed by atoms with van der Waals surface area (Å²) in [5.74, 6) is -0.0325. The number of nitrogens with zero attached hydrogens (tertiary/aromatic N) is 2. The van der Waals surface area contributed by atoms with E-state index in [1.807, 2.05) is 36.6 Å². The van der Waals surface area contributed by atoms with E-state index in [0.29, 0.717) is 10.7 Å². The maximum absolute atomic E-state index is 12.0. The van der Waals surface area contributed by atoms with E-state index in [0.717, 1.165) is 5.56 Å². The van der Waals surface area contributed by atoms with Gasteiger partial charge >= 0.3 is 0 Å². The number of amides is 1. The highest BCUT2D eigenvalue weighted by molar-refractivity contribution is 7.13. The third-order valence-corrected chi connectivity index (χ3v) is 3.16. The van der Waals surface area contributed by atoms with Crippen molar-refractivity contribution in [3.05, 3.63) is 47.0 Å². The molecule has 0 saturated carbocycles. The Labute approximate surface area is 98.4 Å². The molecule has 3 nitrogen and oxygen atoms in total. The minimum Gasteiger partial charge on any atom is -0.287 e. The first kappa shape index (κ1) is 10.8. The maximum atomic E-state index is 12.0. The van der Waals surface area contributed by atoms with E-state index in [1.54, 1.807) is 18.1 Å². The van der Waals surface area contributed by atoms with Gasteiger partial charge in [0.2, 0.25) is 0 Å². The largest absolute Gasteiger partial charge is 0.287 e. The van der Waals surface area contributed by atoms with Gasteiger partial charge in [-0.25, -0.2) is 4.98 Å². The van der Waals surface area contributed by atoms with Crippen LogP contribution in [0.25, 0.3) is 0 Å². The van der Waals surface area contributed by atoms with Crippen molar-refractivity contribution in [1.82, 2.24) is 4.98 Å². The zero-order valence-corrected chi connectivity index (χ0v) is 9.99. The average molecular weight is 232 g/mol. The summed E-state index contributed by atoms with van der Waals surface area (Å²) in [4.78, 5) is 17.7. The standard InChI is InChI=1S/C12H12N2OS/c1-9-3-5-10(6-4-9)11(15)14(2)12-13-7-8-16-12/h3-8H,1-2H3. The SMILES string of the molecule is Cc1ccc(C(=O)N(C)c2nccs2)cc1. The highest BCUT2D eigenvalue weighted by atomic mass is 32.1. The lowest BCUT2D eigenvalue weighted by atomic mass is 10.1. The van der Waals surface area contributed by atoms with Crippen molar-refractivity contribution in [3.63, 3.8) is 0 Å². The summed E-state index contributed by atoms with van der Waals surface area (Å²) in [7, 11) is 1.74. The molecule has 0 radical (unpaired) electrons. The van der Waals surface area contributed by atoms with Gasteiger partial charge in [0.1, 0.15) is 0 Å². The molecule has 2 aromatic rings. The molecule has 16 heavy (non-hydrogen) atoms. The first-order chi connectivity index (χ1) is 7.68. The summed E-state index contributed by atoms with van der Waals surface area (Å²) in [5, 5.41) is 2.57. The van der Waals surface area contributed by atoms with Crippen molar-refractivity contribution < 1.29 is 4.79 Å². The quantitative estimate of drug-likeness (QED) is 0.797. The molecule has 4 heteroatoms. The fourth-order valence-electron chi connectivity index (χ4n) is 1.36. The van der Waals surface area contributed by atoms with Crippen molar-refractivity contribution in [2.75, 3.05) is 11.9 Å². The molecule has 0 N–H and O–H groups in total. The van der Waals surface area contributed by atoms with Crippen LogP contribution < -0.4 is 4.90 Å². The Morgan fingerprint density at radius 1 is 1.31 bits per heavy atom. The van der Waals surface area contributed by atoms with Gasteiger partial charge in [0.25, 0.3) is 5.91 Å². The molecule has 0 atom stereocenters. The van der Waals surface area contributed by atoms with Crippen LogP contribution in [0, 0.1) is 6.92 Å². The molecular weight excluding hydrogens is 220 g/mol. The number of carbonyl (C=O) groups excluding carboxylic acids is 1. The third-order valence-electron chi connectivity index (χ3n) is 2.31. The number of aryl methyl sites for hydroxylation is 1. The molecule has 0 aliphatic heterocycles. The van der Waals surface area contributed by atoms with Gasteiger partial charge in [0.05, 0.1) is 0 Å². The summed E-state index contributed by atoms with van der Waals surface area (Å²) < 4.78 is 0. The van der Waals surface area contributed by atoms with E-state index in [4.69, 9.17) is 0 Å². The Balaban J connectivity index is 2.22. The van der Waals surface area contributed by atoms with Gasteiger partial charge in [-0.3, -0.25) is 9.69 Å². The number of thiazole rings is 1. The lowest BCUT2D eigenvalue weighted by Gasteiger charge is -2.13. The number of anilines is 1. The molecule has 0 aliphatic rings. The van der Waals surface area contributed by atoms with Crippen LogP contribution in [0.15, 0.2) is 35.8 Å². The molecule has 82 valence electrons. The Kier molecular flexibility index (Phi) is 3.01. The number of benzene rings is 1. The van der Waals surface area contributed by atoms with Gasteiger partial charge < -0.3 is 0 Å². The zero-order chi connectivity index (χ0) is 11.5.